The molecule has 0 aromatic heterocycles. The van der Waals surface area contributed by atoms with Crippen LogP contribution in [0.3, 0.4) is 0 Å². The molecular formula is C15H21N3. The fraction of sp³-hybridized carbons (Fsp3) is 0.533. The Morgan fingerprint density at radius 3 is 2.50 bits per heavy atom. The minimum Gasteiger partial charge on any atom is -0.378 e. The van der Waals surface area contributed by atoms with Gasteiger partial charge in [0.05, 0.1) is 11.5 Å². The third-order valence-corrected chi connectivity index (χ3v) is 3.97. The maximum atomic E-state index is 9.63. The third-order valence-electron chi connectivity index (χ3n) is 3.97. The number of nitriles is 1. The van der Waals surface area contributed by atoms with Crippen molar-refractivity contribution in [2.24, 2.45) is 0 Å². The first kappa shape index (κ1) is 12.9. The quantitative estimate of drug-likeness (QED) is 0.798. The van der Waals surface area contributed by atoms with Gasteiger partial charge in [0.2, 0.25) is 0 Å². The van der Waals surface area contributed by atoms with Crippen LogP contribution in [0.1, 0.15) is 18.4 Å². The van der Waals surface area contributed by atoms with Gasteiger partial charge in [-0.3, -0.25) is 0 Å². The molecule has 18 heavy (non-hydrogen) atoms. The second-order valence-corrected chi connectivity index (χ2v) is 5.44. The van der Waals surface area contributed by atoms with Crippen LogP contribution in [0.25, 0.3) is 0 Å². The Bertz CT molecular complexity index is 451. The van der Waals surface area contributed by atoms with Gasteiger partial charge < -0.3 is 9.80 Å². The lowest BCUT2D eigenvalue weighted by Crippen LogP contribution is -2.40. The Balaban J connectivity index is 2.33. The molecule has 1 aliphatic heterocycles. The van der Waals surface area contributed by atoms with Gasteiger partial charge >= 0.3 is 0 Å². The predicted octanol–water partition coefficient (Wildman–Crippen LogP) is 2.24. The molecule has 1 heterocycles. The summed E-state index contributed by atoms with van der Waals surface area (Å²) in [7, 11) is 6.19. The first-order chi connectivity index (χ1) is 8.57. The summed E-state index contributed by atoms with van der Waals surface area (Å²) >= 11 is 0. The van der Waals surface area contributed by atoms with Crippen LogP contribution in [0.4, 0.5) is 5.69 Å². The summed E-state index contributed by atoms with van der Waals surface area (Å²) in [6, 6.07) is 11.0. The first-order valence-corrected chi connectivity index (χ1v) is 6.45. The Kier molecular flexibility index (Phi) is 3.58. The summed E-state index contributed by atoms with van der Waals surface area (Å²) in [5, 5.41) is 9.63. The number of anilines is 1. The minimum absolute atomic E-state index is 0.293. The Hall–Kier alpha value is -1.53. The molecule has 0 N–H and O–H groups in total. The fourth-order valence-electron chi connectivity index (χ4n) is 2.55. The van der Waals surface area contributed by atoms with E-state index in [4.69, 9.17) is 0 Å². The van der Waals surface area contributed by atoms with Crippen LogP contribution in [-0.4, -0.2) is 39.1 Å². The van der Waals surface area contributed by atoms with Gasteiger partial charge in [0.25, 0.3) is 0 Å². The van der Waals surface area contributed by atoms with Crippen molar-refractivity contribution in [3.8, 4) is 6.07 Å². The minimum atomic E-state index is -0.293. The highest BCUT2D eigenvalue weighted by atomic mass is 15.1. The fourth-order valence-corrected chi connectivity index (χ4v) is 2.55. The normalized spacial score (nSPS) is 19.2. The van der Waals surface area contributed by atoms with Crippen molar-refractivity contribution < 1.29 is 0 Å². The van der Waals surface area contributed by atoms with Crippen molar-refractivity contribution in [2.45, 2.75) is 18.3 Å². The van der Waals surface area contributed by atoms with E-state index in [-0.39, 0.29) is 5.41 Å². The SMILES string of the molecule is CN1CCC(C#N)(c2cccc(N(C)C)c2)CC1. The lowest BCUT2D eigenvalue weighted by Gasteiger charge is -2.36. The number of benzene rings is 1. The van der Waals surface area contributed by atoms with Crippen molar-refractivity contribution in [1.82, 2.24) is 4.90 Å². The predicted molar refractivity (Wildman–Crippen MR) is 74.8 cm³/mol. The lowest BCUT2D eigenvalue weighted by atomic mass is 9.74. The van der Waals surface area contributed by atoms with Crippen molar-refractivity contribution in [3.05, 3.63) is 29.8 Å². The molecule has 0 unspecified atom stereocenters. The zero-order valence-corrected chi connectivity index (χ0v) is 11.5. The van der Waals surface area contributed by atoms with Crippen LogP contribution in [0.2, 0.25) is 0 Å². The van der Waals surface area contributed by atoms with Crippen molar-refractivity contribution >= 4 is 5.69 Å². The summed E-state index contributed by atoms with van der Waals surface area (Å²) in [6.45, 7) is 2.00. The van der Waals surface area contributed by atoms with E-state index in [1.54, 1.807) is 0 Å². The van der Waals surface area contributed by atoms with E-state index in [1.807, 2.05) is 14.1 Å². The van der Waals surface area contributed by atoms with Crippen LogP contribution in [0.5, 0.6) is 0 Å². The zero-order valence-electron chi connectivity index (χ0n) is 11.5. The highest BCUT2D eigenvalue weighted by Crippen LogP contribution is 2.35. The molecule has 96 valence electrons. The van der Waals surface area contributed by atoms with Gasteiger partial charge in [0, 0.05) is 19.8 Å². The molecule has 3 nitrogen and oxygen atoms in total. The molecule has 1 aromatic rings. The second kappa shape index (κ2) is 4.99. The van der Waals surface area contributed by atoms with Crippen LogP contribution in [0.15, 0.2) is 24.3 Å². The van der Waals surface area contributed by atoms with Gasteiger partial charge in [0.1, 0.15) is 0 Å². The van der Waals surface area contributed by atoms with E-state index < -0.39 is 0 Å². The Labute approximate surface area is 110 Å². The van der Waals surface area contributed by atoms with Crippen LogP contribution in [-0.2, 0) is 5.41 Å². The van der Waals surface area contributed by atoms with Gasteiger partial charge in [-0.15, -0.1) is 0 Å². The highest BCUT2D eigenvalue weighted by molar-refractivity contribution is 5.50. The molecule has 0 atom stereocenters. The number of likely N-dealkylation sites (tertiary alicyclic amines) is 1. The van der Waals surface area contributed by atoms with Crippen molar-refractivity contribution in [2.75, 3.05) is 39.1 Å². The van der Waals surface area contributed by atoms with Crippen molar-refractivity contribution in [1.29, 1.82) is 5.26 Å². The summed E-state index contributed by atoms with van der Waals surface area (Å²) in [4.78, 5) is 4.38. The van der Waals surface area contributed by atoms with Gasteiger partial charge in [-0.1, -0.05) is 12.1 Å². The zero-order chi connectivity index (χ0) is 13.2. The topological polar surface area (TPSA) is 30.3 Å². The summed E-state index contributed by atoms with van der Waals surface area (Å²) in [5.74, 6) is 0. The maximum absolute atomic E-state index is 9.63. The maximum Gasteiger partial charge on any atom is 0.0847 e. The summed E-state index contributed by atoms with van der Waals surface area (Å²) < 4.78 is 0. The van der Waals surface area contributed by atoms with E-state index in [1.165, 1.54) is 11.3 Å². The van der Waals surface area contributed by atoms with Crippen molar-refractivity contribution in [3.63, 3.8) is 0 Å². The standard InChI is InChI=1S/C15H21N3/c1-17(2)14-6-4-5-13(11-14)15(12-16)7-9-18(3)10-8-15/h4-6,11H,7-10H2,1-3H3. The molecule has 1 saturated heterocycles. The van der Waals surface area contributed by atoms with Crippen LogP contribution >= 0.6 is 0 Å². The average Bonchev–Trinajstić information content (AvgIpc) is 2.40. The van der Waals surface area contributed by atoms with Gasteiger partial charge in [-0.05, 0) is 50.7 Å². The number of hydrogen-bond donors (Lipinski definition) is 0. The Morgan fingerprint density at radius 1 is 1.28 bits per heavy atom. The van der Waals surface area contributed by atoms with E-state index in [0.717, 1.165) is 25.9 Å². The molecule has 0 saturated carbocycles. The van der Waals surface area contributed by atoms with Crippen LogP contribution < -0.4 is 4.90 Å². The van der Waals surface area contributed by atoms with Crippen LogP contribution in [0, 0.1) is 11.3 Å². The summed E-state index contributed by atoms with van der Waals surface area (Å²) in [6.07, 6.45) is 1.85. The van der Waals surface area contributed by atoms with E-state index in [0.29, 0.717) is 0 Å². The number of nitrogens with zero attached hydrogens (tertiary/aromatic N) is 3. The van der Waals surface area contributed by atoms with Gasteiger partial charge in [-0.2, -0.15) is 5.26 Å². The first-order valence-electron chi connectivity index (χ1n) is 6.45. The molecular weight excluding hydrogens is 222 g/mol. The molecule has 0 amide bonds. The number of hydrogen-bond acceptors (Lipinski definition) is 3. The largest absolute Gasteiger partial charge is 0.378 e. The summed E-state index contributed by atoms with van der Waals surface area (Å²) in [5.41, 5.74) is 2.05. The molecule has 1 fully saturated rings. The monoisotopic (exact) mass is 243 g/mol. The third kappa shape index (κ3) is 2.34. The molecule has 1 aliphatic rings. The van der Waals surface area contributed by atoms with E-state index >= 15 is 0 Å². The van der Waals surface area contributed by atoms with E-state index in [9.17, 15) is 5.26 Å². The smallest absolute Gasteiger partial charge is 0.0847 e. The number of rotatable bonds is 2. The molecule has 0 radical (unpaired) electrons. The molecule has 1 aromatic carbocycles. The Morgan fingerprint density at radius 2 is 1.94 bits per heavy atom. The molecule has 0 spiro atoms. The molecule has 0 bridgehead atoms. The van der Waals surface area contributed by atoms with E-state index in [2.05, 4.69) is 47.2 Å². The molecule has 3 heteroatoms. The highest BCUT2D eigenvalue weighted by Gasteiger charge is 2.35. The van der Waals surface area contributed by atoms with Gasteiger partial charge in [-0.25, -0.2) is 0 Å². The molecule has 0 aliphatic carbocycles. The number of piperidine rings is 1. The van der Waals surface area contributed by atoms with Gasteiger partial charge in [0.15, 0.2) is 0 Å². The molecule has 2 rings (SSSR count). The second-order valence-electron chi connectivity index (χ2n) is 5.44. The average molecular weight is 243 g/mol. The lowest BCUT2D eigenvalue weighted by molar-refractivity contribution is 0.222.